The van der Waals surface area contributed by atoms with Gasteiger partial charge in [0.1, 0.15) is 4.21 Å². The number of anilines is 1. The number of hydrogen-bond acceptors (Lipinski definition) is 6. The summed E-state index contributed by atoms with van der Waals surface area (Å²) in [6.07, 6.45) is 1.75. The molecule has 22 heavy (non-hydrogen) atoms. The molecule has 0 amide bonds. The SMILES string of the molecule is Cc1ccc(S(=O)(=O)NCCNc2ccnc3ccsc23)s1. The van der Waals surface area contributed by atoms with Crippen LogP contribution >= 0.6 is 22.7 Å². The highest BCUT2D eigenvalue weighted by atomic mass is 32.2. The van der Waals surface area contributed by atoms with Gasteiger partial charge in [0.05, 0.1) is 15.9 Å². The number of nitrogens with one attached hydrogen (secondary N) is 2. The number of sulfonamides is 1. The zero-order valence-electron chi connectivity index (χ0n) is 11.9. The molecule has 0 aliphatic carbocycles. The molecule has 0 unspecified atom stereocenters. The Morgan fingerprint density at radius 1 is 1.18 bits per heavy atom. The van der Waals surface area contributed by atoms with E-state index in [1.807, 2.05) is 30.5 Å². The summed E-state index contributed by atoms with van der Waals surface area (Å²) in [5.41, 5.74) is 1.93. The highest BCUT2D eigenvalue weighted by Crippen LogP contribution is 2.26. The monoisotopic (exact) mass is 353 g/mol. The quantitative estimate of drug-likeness (QED) is 0.668. The van der Waals surface area contributed by atoms with E-state index >= 15 is 0 Å². The third-order valence-corrected chi connectivity index (χ3v) is 6.95. The number of rotatable bonds is 6. The van der Waals surface area contributed by atoms with Gasteiger partial charge in [0, 0.05) is 24.2 Å². The summed E-state index contributed by atoms with van der Waals surface area (Å²) in [4.78, 5) is 5.25. The fraction of sp³-hybridized carbons (Fsp3) is 0.214. The van der Waals surface area contributed by atoms with E-state index in [9.17, 15) is 8.42 Å². The van der Waals surface area contributed by atoms with Gasteiger partial charge in [-0.25, -0.2) is 13.1 Å². The van der Waals surface area contributed by atoms with Crippen LogP contribution in [0.25, 0.3) is 10.2 Å². The molecule has 0 saturated carbocycles. The highest BCUT2D eigenvalue weighted by Gasteiger charge is 2.15. The molecule has 3 aromatic heterocycles. The van der Waals surface area contributed by atoms with Crippen molar-refractivity contribution in [3.05, 3.63) is 40.7 Å². The summed E-state index contributed by atoms with van der Waals surface area (Å²) in [6, 6.07) is 7.30. The molecule has 5 nitrogen and oxygen atoms in total. The van der Waals surface area contributed by atoms with Crippen molar-refractivity contribution in [1.29, 1.82) is 0 Å². The Labute approximate surface area is 137 Å². The fourth-order valence-electron chi connectivity index (χ4n) is 2.02. The minimum atomic E-state index is -3.41. The second-order valence-corrected chi connectivity index (χ2v) is 8.88. The lowest BCUT2D eigenvalue weighted by molar-refractivity contribution is 0.585. The zero-order chi connectivity index (χ0) is 15.6. The lowest BCUT2D eigenvalue weighted by Gasteiger charge is -2.08. The average Bonchev–Trinajstić information content (AvgIpc) is 3.12. The van der Waals surface area contributed by atoms with Crippen molar-refractivity contribution in [2.24, 2.45) is 0 Å². The standard InChI is InChI=1S/C14H15N3O2S3/c1-10-2-3-13(21-10)22(18,19)17-8-7-16-11-4-6-15-12-5-9-20-14(11)12/h2-6,9,17H,7-8H2,1H3,(H,15,16). The van der Waals surface area contributed by atoms with E-state index in [0.29, 0.717) is 17.3 Å². The normalized spacial score (nSPS) is 11.9. The predicted molar refractivity (Wildman–Crippen MR) is 92.4 cm³/mol. The number of hydrogen-bond donors (Lipinski definition) is 2. The van der Waals surface area contributed by atoms with Gasteiger partial charge in [-0.05, 0) is 36.6 Å². The molecule has 0 bridgehead atoms. The van der Waals surface area contributed by atoms with Gasteiger partial charge in [-0.2, -0.15) is 0 Å². The van der Waals surface area contributed by atoms with Crippen molar-refractivity contribution in [2.75, 3.05) is 18.4 Å². The second kappa shape index (κ2) is 6.33. The summed E-state index contributed by atoms with van der Waals surface area (Å²) in [7, 11) is -3.41. The van der Waals surface area contributed by atoms with Crippen molar-refractivity contribution in [2.45, 2.75) is 11.1 Å². The molecule has 0 aliphatic heterocycles. The largest absolute Gasteiger partial charge is 0.382 e. The Morgan fingerprint density at radius 2 is 2.05 bits per heavy atom. The Hall–Kier alpha value is -1.48. The number of nitrogens with zero attached hydrogens (tertiary/aromatic N) is 1. The van der Waals surface area contributed by atoms with Crippen molar-refractivity contribution in [3.63, 3.8) is 0 Å². The van der Waals surface area contributed by atoms with Crippen molar-refractivity contribution in [3.8, 4) is 0 Å². The van der Waals surface area contributed by atoms with Gasteiger partial charge in [-0.3, -0.25) is 4.98 Å². The van der Waals surface area contributed by atoms with Crippen LogP contribution in [0, 0.1) is 6.92 Å². The van der Waals surface area contributed by atoms with Gasteiger partial charge in [0.15, 0.2) is 0 Å². The van der Waals surface area contributed by atoms with E-state index in [0.717, 1.165) is 20.8 Å². The van der Waals surface area contributed by atoms with Crippen LogP contribution in [0.4, 0.5) is 5.69 Å². The summed E-state index contributed by atoms with van der Waals surface area (Å²) in [5.74, 6) is 0. The minimum absolute atomic E-state index is 0.328. The lowest BCUT2D eigenvalue weighted by Crippen LogP contribution is -2.28. The van der Waals surface area contributed by atoms with E-state index in [2.05, 4.69) is 15.0 Å². The maximum Gasteiger partial charge on any atom is 0.250 e. The van der Waals surface area contributed by atoms with E-state index in [-0.39, 0.29) is 0 Å². The number of thiophene rings is 2. The van der Waals surface area contributed by atoms with Crippen molar-refractivity contribution >= 4 is 48.6 Å². The lowest BCUT2D eigenvalue weighted by atomic mass is 10.3. The molecule has 0 saturated heterocycles. The van der Waals surface area contributed by atoms with E-state index < -0.39 is 10.0 Å². The summed E-state index contributed by atoms with van der Waals surface area (Å²) in [6.45, 7) is 2.73. The molecule has 0 aromatic carbocycles. The summed E-state index contributed by atoms with van der Waals surface area (Å²) >= 11 is 2.89. The Bertz CT molecular complexity index is 884. The topological polar surface area (TPSA) is 71.1 Å². The molecule has 0 aliphatic rings. The zero-order valence-corrected chi connectivity index (χ0v) is 14.3. The molecule has 0 atom stereocenters. The van der Waals surface area contributed by atoms with Gasteiger partial charge in [0.25, 0.3) is 0 Å². The van der Waals surface area contributed by atoms with Gasteiger partial charge < -0.3 is 5.32 Å². The number of pyridine rings is 1. The molecule has 2 N–H and O–H groups in total. The fourth-order valence-corrected chi connectivity index (χ4v) is 5.22. The van der Waals surface area contributed by atoms with Crippen LogP contribution in [-0.2, 0) is 10.0 Å². The van der Waals surface area contributed by atoms with Crippen LogP contribution in [0.15, 0.2) is 40.1 Å². The molecule has 3 heterocycles. The third-order valence-electron chi connectivity index (χ3n) is 3.06. The van der Waals surface area contributed by atoms with Crippen molar-refractivity contribution in [1.82, 2.24) is 9.71 Å². The molecule has 0 radical (unpaired) electrons. The Morgan fingerprint density at radius 3 is 2.82 bits per heavy atom. The predicted octanol–water partition coefficient (Wildman–Crippen LogP) is 3.06. The van der Waals surface area contributed by atoms with Crippen LogP contribution < -0.4 is 10.0 Å². The van der Waals surface area contributed by atoms with Gasteiger partial charge in [-0.15, -0.1) is 22.7 Å². The maximum absolute atomic E-state index is 12.1. The smallest absolute Gasteiger partial charge is 0.250 e. The maximum atomic E-state index is 12.1. The van der Waals surface area contributed by atoms with Crippen molar-refractivity contribution < 1.29 is 8.42 Å². The Balaban J connectivity index is 1.59. The van der Waals surface area contributed by atoms with Crippen LogP contribution in [0.1, 0.15) is 4.88 Å². The number of aromatic nitrogens is 1. The number of aryl methyl sites for hydroxylation is 1. The van der Waals surface area contributed by atoms with Crippen LogP contribution in [-0.4, -0.2) is 26.5 Å². The second-order valence-electron chi connectivity index (χ2n) is 4.68. The molecule has 0 spiro atoms. The molecule has 3 rings (SSSR count). The first-order chi connectivity index (χ1) is 10.6. The molecule has 3 aromatic rings. The minimum Gasteiger partial charge on any atom is -0.382 e. The molecule has 116 valence electrons. The molecular formula is C14H15N3O2S3. The molecule has 8 heteroatoms. The molecular weight excluding hydrogens is 338 g/mol. The van der Waals surface area contributed by atoms with Gasteiger partial charge >= 0.3 is 0 Å². The van der Waals surface area contributed by atoms with E-state index in [1.54, 1.807) is 23.6 Å². The van der Waals surface area contributed by atoms with E-state index in [4.69, 9.17) is 0 Å². The highest BCUT2D eigenvalue weighted by molar-refractivity contribution is 7.91. The third kappa shape index (κ3) is 3.30. The van der Waals surface area contributed by atoms with E-state index in [1.165, 1.54) is 11.3 Å². The average molecular weight is 353 g/mol. The van der Waals surface area contributed by atoms with Crippen LogP contribution in [0.2, 0.25) is 0 Å². The van der Waals surface area contributed by atoms with Gasteiger partial charge in [0.2, 0.25) is 10.0 Å². The van der Waals surface area contributed by atoms with Gasteiger partial charge in [-0.1, -0.05) is 0 Å². The Kier molecular flexibility index (Phi) is 4.44. The number of fused-ring (bicyclic) bond motifs is 1. The van der Waals surface area contributed by atoms with Crippen LogP contribution in [0.3, 0.4) is 0 Å². The summed E-state index contributed by atoms with van der Waals surface area (Å²) in [5, 5.41) is 5.24. The molecule has 0 fully saturated rings. The first kappa shape index (κ1) is 15.4. The first-order valence-electron chi connectivity index (χ1n) is 6.68. The summed E-state index contributed by atoms with van der Waals surface area (Å²) < 4.78 is 28.2. The first-order valence-corrected chi connectivity index (χ1v) is 9.86. The van der Waals surface area contributed by atoms with Crippen LogP contribution in [0.5, 0.6) is 0 Å².